The summed E-state index contributed by atoms with van der Waals surface area (Å²) in [6.07, 6.45) is 6.55. The van der Waals surface area contributed by atoms with E-state index >= 15 is 0 Å². The van der Waals surface area contributed by atoms with Crippen LogP contribution >= 0.6 is 11.3 Å². The van der Waals surface area contributed by atoms with Crippen molar-refractivity contribution in [3.05, 3.63) is 75.5 Å². The number of benzene rings is 2. The molecule has 1 aliphatic carbocycles. The lowest BCUT2D eigenvalue weighted by molar-refractivity contribution is 0.102. The molecular weight excluding hydrogens is 408 g/mol. The molecule has 1 saturated carbocycles. The maximum Gasteiger partial charge on any atom is 0.278 e. The number of H-pyrrole nitrogens is 1. The van der Waals surface area contributed by atoms with Gasteiger partial charge in [-0.3, -0.25) is 14.9 Å². The van der Waals surface area contributed by atoms with Gasteiger partial charge in [0.15, 0.2) is 10.8 Å². The average molecular weight is 431 g/mol. The van der Waals surface area contributed by atoms with Crippen LogP contribution in [0.5, 0.6) is 0 Å². The van der Waals surface area contributed by atoms with Crippen molar-refractivity contribution in [2.45, 2.75) is 38.0 Å². The average Bonchev–Trinajstić information content (AvgIpc) is 3.28. The molecule has 7 heteroatoms. The molecule has 2 aromatic heterocycles. The number of thiazole rings is 1. The molecule has 0 bridgehead atoms. The number of nitrogens with one attached hydrogen (secondary N) is 2. The number of carbonyl (C=O) groups is 1. The van der Waals surface area contributed by atoms with Crippen LogP contribution in [0.15, 0.2) is 58.7 Å². The summed E-state index contributed by atoms with van der Waals surface area (Å²) < 4.78 is 0. The number of amides is 1. The minimum Gasteiger partial charge on any atom is -0.296 e. The van der Waals surface area contributed by atoms with Crippen LogP contribution in [0.25, 0.3) is 22.0 Å². The molecule has 4 aromatic rings. The standard InChI is InChI=1S/C24H22N4O2S/c29-22-19-9-5-4-8-18(19)21(27-28-22)23(30)26-24-25-20(14-31-24)17-12-10-16(11-13-17)15-6-2-1-3-7-15/h4-5,8-15H,1-3,6-7H2,(H,28,29)(H,25,26,30). The number of carbonyl (C=O) groups excluding carboxylic acids is 1. The zero-order valence-corrected chi connectivity index (χ0v) is 17.7. The van der Waals surface area contributed by atoms with Gasteiger partial charge < -0.3 is 0 Å². The third-order valence-electron chi connectivity index (χ3n) is 5.92. The molecule has 6 nitrogen and oxygen atoms in total. The lowest BCUT2D eigenvalue weighted by Crippen LogP contribution is -2.19. The maximum atomic E-state index is 12.8. The van der Waals surface area contributed by atoms with Gasteiger partial charge >= 0.3 is 0 Å². The summed E-state index contributed by atoms with van der Waals surface area (Å²) in [6.45, 7) is 0. The molecule has 156 valence electrons. The topological polar surface area (TPSA) is 87.7 Å². The Labute approximate surface area is 183 Å². The van der Waals surface area contributed by atoms with Gasteiger partial charge in [0.1, 0.15) is 0 Å². The summed E-state index contributed by atoms with van der Waals surface area (Å²) in [6, 6.07) is 15.6. The van der Waals surface area contributed by atoms with Crippen LogP contribution in [0.2, 0.25) is 0 Å². The van der Waals surface area contributed by atoms with Crippen LogP contribution in [0.4, 0.5) is 5.13 Å². The Bertz CT molecular complexity index is 1290. The van der Waals surface area contributed by atoms with E-state index in [2.05, 4.69) is 44.8 Å². The number of aromatic nitrogens is 3. The Balaban J connectivity index is 1.34. The molecular formula is C24H22N4O2S. The molecule has 0 aliphatic heterocycles. The lowest BCUT2D eigenvalue weighted by Gasteiger charge is -2.22. The quantitative estimate of drug-likeness (QED) is 0.457. The minimum atomic E-state index is -0.402. The first kappa shape index (κ1) is 19.6. The molecule has 31 heavy (non-hydrogen) atoms. The van der Waals surface area contributed by atoms with E-state index in [1.165, 1.54) is 49.0 Å². The third-order valence-corrected chi connectivity index (χ3v) is 6.68. The number of hydrogen-bond donors (Lipinski definition) is 2. The second kappa shape index (κ2) is 8.43. The predicted molar refractivity (Wildman–Crippen MR) is 124 cm³/mol. The summed E-state index contributed by atoms with van der Waals surface area (Å²) in [5.41, 5.74) is 3.12. The summed E-state index contributed by atoms with van der Waals surface area (Å²) in [4.78, 5) is 29.3. The van der Waals surface area contributed by atoms with Gasteiger partial charge in [-0.25, -0.2) is 10.1 Å². The normalized spacial score (nSPS) is 14.6. The van der Waals surface area contributed by atoms with E-state index < -0.39 is 5.91 Å². The highest BCUT2D eigenvalue weighted by molar-refractivity contribution is 7.14. The predicted octanol–water partition coefficient (Wildman–Crippen LogP) is 5.35. The number of anilines is 1. The third kappa shape index (κ3) is 4.01. The van der Waals surface area contributed by atoms with Crippen molar-refractivity contribution in [2.75, 3.05) is 5.32 Å². The fourth-order valence-corrected chi connectivity index (χ4v) is 4.98. The molecule has 2 heterocycles. The zero-order valence-electron chi connectivity index (χ0n) is 16.9. The Hall–Kier alpha value is -3.32. The second-order valence-corrected chi connectivity index (χ2v) is 8.75. The van der Waals surface area contributed by atoms with E-state index in [0.717, 1.165) is 11.3 Å². The number of fused-ring (bicyclic) bond motifs is 1. The molecule has 1 fully saturated rings. The van der Waals surface area contributed by atoms with Crippen LogP contribution in [0, 0.1) is 0 Å². The molecule has 2 N–H and O–H groups in total. The van der Waals surface area contributed by atoms with Crippen molar-refractivity contribution in [1.82, 2.24) is 15.2 Å². The molecule has 5 rings (SSSR count). The van der Waals surface area contributed by atoms with Gasteiger partial charge in [0.2, 0.25) is 0 Å². The SMILES string of the molecule is O=C(Nc1nc(-c2ccc(C3CCCCC3)cc2)cs1)c1n[nH]c(=O)c2ccccc12. The van der Waals surface area contributed by atoms with E-state index in [9.17, 15) is 9.59 Å². The van der Waals surface area contributed by atoms with Crippen molar-refractivity contribution >= 4 is 33.1 Å². The number of nitrogens with zero attached hydrogens (tertiary/aromatic N) is 2. The summed E-state index contributed by atoms with van der Waals surface area (Å²) in [5.74, 6) is 0.272. The van der Waals surface area contributed by atoms with Crippen LogP contribution in [0.3, 0.4) is 0 Å². The summed E-state index contributed by atoms with van der Waals surface area (Å²) in [5, 5.41) is 12.5. The maximum absolute atomic E-state index is 12.8. The largest absolute Gasteiger partial charge is 0.296 e. The van der Waals surface area contributed by atoms with Gasteiger partial charge in [-0.2, -0.15) is 5.10 Å². The molecule has 2 aromatic carbocycles. The monoisotopic (exact) mass is 430 g/mol. The number of aromatic amines is 1. The van der Waals surface area contributed by atoms with E-state index in [1.54, 1.807) is 24.3 Å². The second-order valence-electron chi connectivity index (χ2n) is 7.90. The zero-order chi connectivity index (χ0) is 21.2. The Morgan fingerprint density at radius 1 is 1.00 bits per heavy atom. The van der Waals surface area contributed by atoms with Gasteiger partial charge in [0.25, 0.3) is 11.5 Å². The summed E-state index contributed by atoms with van der Waals surface area (Å²) >= 11 is 1.37. The van der Waals surface area contributed by atoms with Crippen LogP contribution in [-0.2, 0) is 0 Å². The first-order valence-electron chi connectivity index (χ1n) is 10.5. The number of hydrogen-bond acceptors (Lipinski definition) is 5. The van der Waals surface area contributed by atoms with Crippen LogP contribution < -0.4 is 10.9 Å². The van der Waals surface area contributed by atoms with E-state index in [4.69, 9.17) is 0 Å². The van der Waals surface area contributed by atoms with E-state index in [-0.39, 0.29) is 11.3 Å². The molecule has 0 spiro atoms. The van der Waals surface area contributed by atoms with Gasteiger partial charge in [-0.15, -0.1) is 11.3 Å². The smallest absolute Gasteiger partial charge is 0.278 e. The van der Waals surface area contributed by atoms with Crippen LogP contribution in [0.1, 0.15) is 54.1 Å². The van der Waals surface area contributed by atoms with E-state index in [0.29, 0.717) is 21.8 Å². The molecule has 0 atom stereocenters. The van der Waals surface area contributed by atoms with Crippen molar-refractivity contribution in [3.63, 3.8) is 0 Å². The Kier molecular flexibility index (Phi) is 5.34. The van der Waals surface area contributed by atoms with E-state index in [1.807, 2.05) is 5.38 Å². The highest BCUT2D eigenvalue weighted by Crippen LogP contribution is 2.34. The Morgan fingerprint density at radius 3 is 2.52 bits per heavy atom. The van der Waals surface area contributed by atoms with Crippen LogP contribution in [-0.4, -0.2) is 21.1 Å². The van der Waals surface area contributed by atoms with Gasteiger partial charge in [-0.05, 0) is 30.4 Å². The minimum absolute atomic E-state index is 0.170. The van der Waals surface area contributed by atoms with Gasteiger partial charge in [0.05, 0.1) is 11.1 Å². The first-order valence-corrected chi connectivity index (χ1v) is 11.4. The first-order chi connectivity index (χ1) is 15.2. The fraction of sp³-hybridized carbons (Fsp3) is 0.250. The molecule has 0 unspecified atom stereocenters. The van der Waals surface area contributed by atoms with Crippen molar-refractivity contribution in [2.24, 2.45) is 0 Å². The number of rotatable bonds is 4. The fourth-order valence-electron chi connectivity index (χ4n) is 4.27. The van der Waals surface area contributed by atoms with Gasteiger partial charge in [-0.1, -0.05) is 61.7 Å². The molecule has 0 saturated heterocycles. The van der Waals surface area contributed by atoms with Gasteiger partial charge in [0, 0.05) is 16.3 Å². The highest BCUT2D eigenvalue weighted by Gasteiger charge is 2.17. The Morgan fingerprint density at radius 2 is 1.74 bits per heavy atom. The van der Waals surface area contributed by atoms with Crippen molar-refractivity contribution in [3.8, 4) is 11.3 Å². The molecule has 1 aliphatic rings. The highest BCUT2D eigenvalue weighted by atomic mass is 32.1. The molecule has 0 radical (unpaired) electrons. The molecule has 1 amide bonds. The lowest BCUT2D eigenvalue weighted by atomic mass is 9.84. The van der Waals surface area contributed by atoms with Crippen molar-refractivity contribution < 1.29 is 4.79 Å². The van der Waals surface area contributed by atoms with Crippen molar-refractivity contribution in [1.29, 1.82) is 0 Å². The summed E-state index contributed by atoms with van der Waals surface area (Å²) in [7, 11) is 0.